The van der Waals surface area contributed by atoms with Gasteiger partial charge in [0.1, 0.15) is 17.3 Å². The lowest BCUT2D eigenvalue weighted by atomic mass is 9.99. The summed E-state index contributed by atoms with van der Waals surface area (Å²) < 4.78 is 21.8. The van der Waals surface area contributed by atoms with Crippen molar-refractivity contribution in [2.24, 2.45) is 5.73 Å². The van der Waals surface area contributed by atoms with E-state index in [9.17, 15) is 9.59 Å². The fraction of sp³-hybridized carbons (Fsp3) is 0.400. The number of hydrogen-bond donors (Lipinski definition) is 3. The van der Waals surface area contributed by atoms with Crippen LogP contribution in [0.25, 0.3) is 0 Å². The van der Waals surface area contributed by atoms with Crippen molar-refractivity contribution >= 4 is 23.5 Å². The van der Waals surface area contributed by atoms with Gasteiger partial charge in [-0.2, -0.15) is 0 Å². The second kappa shape index (κ2) is 13.1. The zero-order valence-electron chi connectivity index (χ0n) is 20.1. The summed E-state index contributed by atoms with van der Waals surface area (Å²) in [5.74, 6) is -0.167. The summed E-state index contributed by atoms with van der Waals surface area (Å²) in [4.78, 5) is 24.9. The van der Waals surface area contributed by atoms with E-state index >= 15 is 0 Å². The average Bonchev–Trinajstić information content (AvgIpc) is 2.82. The number of rotatable bonds is 13. The molecule has 0 aliphatic heterocycles. The van der Waals surface area contributed by atoms with Gasteiger partial charge < -0.3 is 30.0 Å². The Hall–Kier alpha value is -3.75. The molecule has 4 N–H and O–H groups in total. The molecule has 0 amide bonds. The first-order valence-electron chi connectivity index (χ1n) is 11.3. The highest BCUT2D eigenvalue weighted by atomic mass is 16.6. The number of esters is 2. The number of amidine groups is 1. The zero-order valence-corrected chi connectivity index (χ0v) is 20.1. The Labute approximate surface area is 200 Å². The van der Waals surface area contributed by atoms with Crippen LogP contribution < -0.4 is 20.5 Å². The van der Waals surface area contributed by atoms with E-state index in [0.717, 1.165) is 5.56 Å². The Morgan fingerprint density at radius 1 is 0.941 bits per heavy atom. The number of nitrogens with one attached hydrogen (secondary N) is 2. The van der Waals surface area contributed by atoms with Gasteiger partial charge in [-0.3, -0.25) is 5.41 Å². The minimum Gasteiger partial charge on any atom is -0.493 e. The third-order valence-electron chi connectivity index (χ3n) is 4.86. The summed E-state index contributed by atoms with van der Waals surface area (Å²) in [6.07, 6.45) is 0.656. The van der Waals surface area contributed by atoms with Gasteiger partial charge in [0.15, 0.2) is 12.6 Å². The third-order valence-corrected chi connectivity index (χ3v) is 4.86. The van der Waals surface area contributed by atoms with Gasteiger partial charge >= 0.3 is 11.9 Å². The number of aryl methyl sites for hydroxylation is 1. The maximum absolute atomic E-state index is 13.0. The van der Waals surface area contributed by atoms with Gasteiger partial charge in [-0.25, -0.2) is 9.59 Å². The second-order valence-corrected chi connectivity index (χ2v) is 7.20. The Kier molecular flexibility index (Phi) is 10.2. The van der Waals surface area contributed by atoms with Crippen molar-refractivity contribution in [1.29, 1.82) is 5.41 Å². The fourth-order valence-electron chi connectivity index (χ4n) is 3.28. The average molecular weight is 472 g/mol. The summed E-state index contributed by atoms with van der Waals surface area (Å²) in [5.41, 5.74) is 8.09. The summed E-state index contributed by atoms with van der Waals surface area (Å²) in [6.45, 7) is 7.85. The normalized spacial score (nSPS) is 11.3. The van der Waals surface area contributed by atoms with E-state index in [1.54, 1.807) is 44.2 Å². The summed E-state index contributed by atoms with van der Waals surface area (Å²) in [5, 5.41) is 10.7. The van der Waals surface area contributed by atoms with E-state index in [1.165, 1.54) is 0 Å². The largest absolute Gasteiger partial charge is 0.493 e. The molecular formula is C25H33N3O6. The molecular weight excluding hydrogens is 438 g/mol. The van der Waals surface area contributed by atoms with Crippen LogP contribution in [0.4, 0.5) is 5.69 Å². The standard InChI is InChI=1S/C25H33N3O6/c1-5-16-13-19(21(14-20(16)31-6-2)34-15-22(29)32-7-3)23(25(30)33-8-4)28-18-11-9-17(10-12-18)24(26)27/h9-14,23,28H,5-8,15H2,1-4H3,(H3,26,27). The van der Waals surface area contributed by atoms with Crippen LogP contribution in [0.1, 0.15) is 50.4 Å². The van der Waals surface area contributed by atoms with Gasteiger partial charge in [-0.15, -0.1) is 0 Å². The van der Waals surface area contributed by atoms with Gasteiger partial charge in [0, 0.05) is 22.9 Å². The number of ether oxygens (including phenoxy) is 4. The first kappa shape index (κ1) is 26.5. The maximum atomic E-state index is 13.0. The van der Waals surface area contributed by atoms with Crippen LogP contribution >= 0.6 is 0 Å². The van der Waals surface area contributed by atoms with Crippen molar-refractivity contribution in [2.45, 2.75) is 40.2 Å². The van der Waals surface area contributed by atoms with Crippen LogP contribution in [0.5, 0.6) is 11.5 Å². The molecule has 1 unspecified atom stereocenters. The molecule has 0 heterocycles. The van der Waals surface area contributed by atoms with Gasteiger partial charge in [0.2, 0.25) is 0 Å². The van der Waals surface area contributed by atoms with Gasteiger partial charge in [-0.05, 0) is 63.1 Å². The molecule has 2 rings (SSSR count). The van der Waals surface area contributed by atoms with Crippen molar-refractivity contribution in [2.75, 3.05) is 31.7 Å². The SMILES string of the molecule is CCOC(=O)COc1cc(OCC)c(CC)cc1C(Nc1ccc(C(=N)N)cc1)C(=O)OCC. The molecule has 9 heteroatoms. The number of nitrogen functional groups attached to an aromatic ring is 1. The van der Waals surface area contributed by atoms with E-state index in [2.05, 4.69) is 5.32 Å². The molecule has 0 fully saturated rings. The van der Waals surface area contributed by atoms with E-state index in [0.29, 0.717) is 41.3 Å². The van der Waals surface area contributed by atoms with E-state index in [1.807, 2.05) is 19.9 Å². The van der Waals surface area contributed by atoms with Crippen molar-refractivity contribution < 1.29 is 28.5 Å². The number of hydrogen-bond acceptors (Lipinski definition) is 8. The number of benzene rings is 2. The summed E-state index contributed by atoms with van der Waals surface area (Å²) >= 11 is 0. The Bertz CT molecular complexity index is 991. The van der Waals surface area contributed by atoms with E-state index in [-0.39, 0.29) is 25.7 Å². The Morgan fingerprint density at radius 3 is 2.18 bits per heavy atom. The summed E-state index contributed by atoms with van der Waals surface area (Å²) in [7, 11) is 0. The number of carbonyl (C=O) groups is 2. The third kappa shape index (κ3) is 7.13. The van der Waals surface area contributed by atoms with Crippen molar-refractivity contribution in [3.05, 3.63) is 53.1 Å². The lowest BCUT2D eigenvalue weighted by molar-refractivity contribution is -0.145. The predicted octanol–water partition coefficient (Wildman–Crippen LogP) is 3.59. The highest BCUT2D eigenvalue weighted by Gasteiger charge is 2.28. The van der Waals surface area contributed by atoms with Crippen LogP contribution in [0.15, 0.2) is 36.4 Å². The van der Waals surface area contributed by atoms with Crippen molar-refractivity contribution in [3.63, 3.8) is 0 Å². The fourth-order valence-corrected chi connectivity index (χ4v) is 3.28. The summed E-state index contributed by atoms with van der Waals surface area (Å²) in [6, 6.07) is 9.38. The minimum absolute atomic E-state index is 0.0535. The second-order valence-electron chi connectivity index (χ2n) is 7.20. The van der Waals surface area contributed by atoms with E-state index in [4.69, 9.17) is 30.1 Å². The predicted molar refractivity (Wildman–Crippen MR) is 130 cm³/mol. The first-order valence-corrected chi connectivity index (χ1v) is 11.3. The maximum Gasteiger partial charge on any atom is 0.344 e. The van der Waals surface area contributed by atoms with Gasteiger partial charge in [0.25, 0.3) is 0 Å². The molecule has 0 radical (unpaired) electrons. The lowest BCUT2D eigenvalue weighted by Crippen LogP contribution is -2.25. The molecule has 184 valence electrons. The number of carbonyl (C=O) groups excluding carboxylic acids is 2. The monoisotopic (exact) mass is 471 g/mol. The molecule has 0 saturated heterocycles. The van der Waals surface area contributed by atoms with Crippen LogP contribution in [0, 0.1) is 5.41 Å². The molecule has 2 aromatic rings. The first-order chi connectivity index (χ1) is 16.3. The lowest BCUT2D eigenvalue weighted by Gasteiger charge is -2.23. The van der Waals surface area contributed by atoms with Gasteiger partial charge in [0.05, 0.1) is 19.8 Å². The Morgan fingerprint density at radius 2 is 1.62 bits per heavy atom. The molecule has 34 heavy (non-hydrogen) atoms. The molecule has 9 nitrogen and oxygen atoms in total. The molecule has 0 aromatic heterocycles. The van der Waals surface area contributed by atoms with Crippen LogP contribution in [0.2, 0.25) is 0 Å². The molecule has 1 atom stereocenters. The van der Waals surface area contributed by atoms with Crippen molar-refractivity contribution in [3.8, 4) is 11.5 Å². The molecule has 2 aromatic carbocycles. The topological polar surface area (TPSA) is 133 Å². The minimum atomic E-state index is -0.929. The van der Waals surface area contributed by atoms with Crippen LogP contribution in [0.3, 0.4) is 0 Å². The Balaban J connectivity index is 2.52. The molecule has 0 bridgehead atoms. The van der Waals surface area contributed by atoms with Gasteiger partial charge in [-0.1, -0.05) is 6.92 Å². The van der Waals surface area contributed by atoms with E-state index < -0.39 is 18.0 Å². The number of nitrogens with two attached hydrogens (primary N) is 1. The quantitative estimate of drug-likeness (QED) is 0.229. The van der Waals surface area contributed by atoms with Crippen LogP contribution in [-0.4, -0.2) is 44.2 Å². The molecule has 0 saturated carbocycles. The highest BCUT2D eigenvalue weighted by Crippen LogP contribution is 2.36. The zero-order chi connectivity index (χ0) is 25.1. The van der Waals surface area contributed by atoms with Crippen molar-refractivity contribution in [1.82, 2.24) is 0 Å². The number of anilines is 1. The highest BCUT2D eigenvalue weighted by molar-refractivity contribution is 5.95. The molecule has 0 aliphatic carbocycles. The smallest absolute Gasteiger partial charge is 0.344 e. The molecule has 0 aliphatic rings. The molecule has 0 spiro atoms. The van der Waals surface area contributed by atoms with Crippen LogP contribution in [-0.2, 0) is 25.5 Å².